The molecule has 1 atom stereocenters. The zero-order valence-electron chi connectivity index (χ0n) is 10.5. The maximum atomic E-state index is 11.9. The Kier molecular flexibility index (Phi) is 5.44. The summed E-state index contributed by atoms with van der Waals surface area (Å²) in [7, 11) is 0. The second kappa shape index (κ2) is 5.84. The van der Waals surface area contributed by atoms with Crippen molar-refractivity contribution in [1.82, 2.24) is 4.90 Å². The van der Waals surface area contributed by atoms with Gasteiger partial charge in [0.2, 0.25) is 5.91 Å². The van der Waals surface area contributed by atoms with Crippen molar-refractivity contribution in [3.05, 3.63) is 0 Å². The van der Waals surface area contributed by atoms with Crippen LogP contribution in [0.4, 0.5) is 0 Å². The molecule has 0 fully saturated rings. The molecular weight excluding hydrogens is 208 g/mol. The summed E-state index contributed by atoms with van der Waals surface area (Å²) in [4.78, 5) is 23.9. The largest absolute Gasteiger partial charge is 0.480 e. The molecule has 5 nitrogen and oxygen atoms in total. The van der Waals surface area contributed by atoms with Crippen molar-refractivity contribution in [1.29, 1.82) is 0 Å². The van der Waals surface area contributed by atoms with E-state index in [1.807, 2.05) is 27.7 Å². The van der Waals surface area contributed by atoms with Crippen LogP contribution in [0.1, 0.15) is 40.5 Å². The van der Waals surface area contributed by atoms with Gasteiger partial charge in [-0.3, -0.25) is 9.59 Å². The molecule has 3 N–H and O–H groups in total. The van der Waals surface area contributed by atoms with Crippen LogP contribution < -0.4 is 5.73 Å². The molecule has 0 saturated heterocycles. The van der Waals surface area contributed by atoms with E-state index in [1.165, 1.54) is 4.90 Å². The minimum atomic E-state index is -1.01. The fraction of sp³-hybridized carbons (Fsp3) is 0.818. The maximum Gasteiger partial charge on any atom is 0.323 e. The second-order valence-corrected chi connectivity index (χ2v) is 4.92. The molecule has 1 unspecified atom stereocenters. The molecule has 0 radical (unpaired) electrons. The molecule has 16 heavy (non-hydrogen) atoms. The highest BCUT2D eigenvalue weighted by Crippen LogP contribution is 2.15. The fourth-order valence-corrected chi connectivity index (χ4v) is 1.31. The normalized spacial score (nSPS) is 13.3. The number of carboxylic acid groups (broad SMARTS) is 1. The summed E-state index contributed by atoms with van der Waals surface area (Å²) in [5, 5.41) is 8.76. The van der Waals surface area contributed by atoms with Gasteiger partial charge >= 0.3 is 5.97 Å². The number of nitrogens with zero attached hydrogens (tertiary/aromatic N) is 1. The summed E-state index contributed by atoms with van der Waals surface area (Å²) in [6, 6.07) is -0.203. The lowest BCUT2D eigenvalue weighted by Gasteiger charge is -2.35. The fourth-order valence-electron chi connectivity index (χ4n) is 1.31. The van der Waals surface area contributed by atoms with Gasteiger partial charge in [-0.2, -0.15) is 0 Å². The molecule has 0 aliphatic heterocycles. The van der Waals surface area contributed by atoms with Gasteiger partial charge in [-0.1, -0.05) is 6.92 Å². The van der Waals surface area contributed by atoms with Gasteiger partial charge in [0.1, 0.15) is 6.54 Å². The summed E-state index contributed by atoms with van der Waals surface area (Å²) in [6.45, 7) is 7.05. The summed E-state index contributed by atoms with van der Waals surface area (Å²) in [5.41, 5.74) is 5.19. The number of carbonyl (C=O) groups is 2. The number of nitrogens with two attached hydrogens (primary N) is 1. The summed E-state index contributed by atoms with van der Waals surface area (Å²) in [5.74, 6) is -1.21. The van der Waals surface area contributed by atoms with Crippen LogP contribution in [-0.4, -0.2) is 40.0 Å². The average molecular weight is 230 g/mol. The first-order chi connectivity index (χ1) is 7.18. The van der Waals surface area contributed by atoms with Crippen LogP contribution in [0.15, 0.2) is 0 Å². The molecule has 0 rings (SSSR count). The van der Waals surface area contributed by atoms with E-state index >= 15 is 0 Å². The van der Waals surface area contributed by atoms with Crippen molar-refractivity contribution < 1.29 is 14.7 Å². The van der Waals surface area contributed by atoms with Gasteiger partial charge in [-0.15, -0.1) is 0 Å². The van der Waals surface area contributed by atoms with Crippen LogP contribution in [0, 0.1) is 0 Å². The van der Waals surface area contributed by atoms with Gasteiger partial charge in [0, 0.05) is 18.0 Å². The number of amides is 1. The Labute approximate surface area is 96.6 Å². The predicted molar refractivity (Wildman–Crippen MR) is 62.0 cm³/mol. The molecule has 0 heterocycles. The molecule has 0 aromatic rings. The highest BCUT2D eigenvalue weighted by molar-refractivity contribution is 5.82. The average Bonchev–Trinajstić information content (AvgIpc) is 2.11. The Bertz CT molecular complexity index is 258. The monoisotopic (exact) mass is 230 g/mol. The van der Waals surface area contributed by atoms with Gasteiger partial charge < -0.3 is 15.7 Å². The second-order valence-electron chi connectivity index (χ2n) is 4.92. The Morgan fingerprint density at radius 2 is 1.88 bits per heavy atom. The minimum absolute atomic E-state index is 0.195. The Morgan fingerprint density at radius 3 is 2.19 bits per heavy atom. The zero-order valence-corrected chi connectivity index (χ0v) is 10.5. The topological polar surface area (TPSA) is 83.6 Å². The molecule has 0 spiro atoms. The molecule has 94 valence electrons. The zero-order chi connectivity index (χ0) is 12.9. The Morgan fingerprint density at radius 1 is 1.38 bits per heavy atom. The van der Waals surface area contributed by atoms with Crippen LogP contribution in [0.3, 0.4) is 0 Å². The van der Waals surface area contributed by atoms with Crippen LogP contribution in [0.25, 0.3) is 0 Å². The van der Waals surface area contributed by atoms with E-state index in [0.717, 1.165) is 0 Å². The van der Waals surface area contributed by atoms with E-state index in [0.29, 0.717) is 6.42 Å². The third-order valence-corrected chi connectivity index (χ3v) is 2.37. The van der Waals surface area contributed by atoms with E-state index in [9.17, 15) is 9.59 Å². The van der Waals surface area contributed by atoms with E-state index in [2.05, 4.69) is 0 Å². The lowest BCUT2D eigenvalue weighted by Crippen LogP contribution is -2.49. The molecule has 0 aliphatic carbocycles. The van der Waals surface area contributed by atoms with Crippen molar-refractivity contribution in [2.24, 2.45) is 5.73 Å². The highest BCUT2D eigenvalue weighted by Gasteiger charge is 2.28. The van der Waals surface area contributed by atoms with E-state index < -0.39 is 11.5 Å². The molecule has 5 heteroatoms. The summed E-state index contributed by atoms with van der Waals surface area (Å²) < 4.78 is 0. The van der Waals surface area contributed by atoms with E-state index in [1.54, 1.807) is 0 Å². The van der Waals surface area contributed by atoms with Crippen molar-refractivity contribution >= 4 is 11.9 Å². The van der Waals surface area contributed by atoms with Crippen LogP contribution in [-0.2, 0) is 9.59 Å². The summed E-state index contributed by atoms with van der Waals surface area (Å²) >= 11 is 0. The first-order valence-corrected chi connectivity index (χ1v) is 5.46. The minimum Gasteiger partial charge on any atom is -0.480 e. The SMILES string of the molecule is CCC(N)CC(=O)N(CC(=O)O)C(C)(C)C. The maximum absolute atomic E-state index is 11.9. The third-order valence-electron chi connectivity index (χ3n) is 2.37. The van der Waals surface area contributed by atoms with E-state index in [4.69, 9.17) is 10.8 Å². The quantitative estimate of drug-likeness (QED) is 0.732. The van der Waals surface area contributed by atoms with Gasteiger partial charge in [-0.05, 0) is 27.2 Å². The van der Waals surface area contributed by atoms with Crippen molar-refractivity contribution in [3.8, 4) is 0 Å². The van der Waals surface area contributed by atoms with Gasteiger partial charge in [-0.25, -0.2) is 0 Å². The van der Waals surface area contributed by atoms with Crippen LogP contribution in [0.2, 0.25) is 0 Å². The molecule has 0 aromatic heterocycles. The van der Waals surface area contributed by atoms with Crippen molar-refractivity contribution in [2.75, 3.05) is 6.54 Å². The highest BCUT2D eigenvalue weighted by atomic mass is 16.4. The first kappa shape index (κ1) is 14.9. The lowest BCUT2D eigenvalue weighted by molar-refractivity contribution is -0.148. The van der Waals surface area contributed by atoms with Gasteiger partial charge in [0.15, 0.2) is 0 Å². The Hall–Kier alpha value is -1.10. The third kappa shape index (κ3) is 5.11. The van der Waals surface area contributed by atoms with E-state index in [-0.39, 0.29) is 24.9 Å². The molecule has 0 aliphatic rings. The molecule has 1 amide bonds. The number of carboxylic acids is 1. The smallest absolute Gasteiger partial charge is 0.323 e. The standard InChI is InChI=1S/C11H22N2O3/c1-5-8(12)6-9(14)13(7-10(15)16)11(2,3)4/h8H,5-7,12H2,1-4H3,(H,15,16). The summed E-state index contributed by atoms with van der Waals surface area (Å²) in [6.07, 6.45) is 0.901. The van der Waals surface area contributed by atoms with Crippen LogP contribution in [0.5, 0.6) is 0 Å². The van der Waals surface area contributed by atoms with Gasteiger partial charge in [0.05, 0.1) is 0 Å². The Balaban J connectivity index is 4.64. The van der Waals surface area contributed by atoms with Gasteiger partial charge in [0.25, 0.3) is 0 Å². The first-order valence-electron chi connectivity index (χ1n) is 5.46. The van der Waals surface area contributed by atoms with Crippen LogP contribution >= 0.6 is 0 Å². The molecule has 0 aromatic carbocycles. The number of hydrogen-bond donors (Lipinski definition) is 2. The number of carbonyl (C=O) groups excluding carboxylic acids is 1. The predicted octanol–water partition coefficient (Wildman–Crippen LogP) is 0.825. The number of hydrogen-bond acceptors (Lipinski definition) is 3. The van der Waals surface area contributed by atoms with Crippen molar-refractivity contribution in [3.63, 3.8) is 0 Å². The molecule has 0 saturated carbocycles. The van der Waals surface area contributed by atoms with Crippen molar-refractivity contribution in [2.45, 2.75) is 52.1 Å². The number of rotatable bonds is 5. The molecule has 0 bridgehead atoms. The molecular formula is C11H22N2O3. The lowest BCUT2D eigenvalue weighted by atomic mass is 10.0. The number of aliphatic carboxylic acids is 1.